The Labute approximate surface area is 65.5 Å². The largest absolute Gasteiger partial charge is 0.479 e. The Morgan fingerprint density at radius 1 is 1.00 bits per heavy atom. The number of hydrogen-bond acceptors (Lipinski definition) is 5. The molecule has 0 saturated heterocycles. The van der Waals surface area contributed by atoms with Gasteiger partial charge in [-0.3, -0.25) is 0 Å². The average Bonchev–Trinajstić information content (AvgIpc) is 1.87. The molecule has 0 aromatic heterocycles. The Balaban J connectivity index is 3.84. The number of aliphatic hydroxyl groups is 2. The number of rotatable bonds is 4. The van der Waals surface area contributed by atoms with Crippen molar-refractivity contribution in [3.63, 3.8) is 0 Å². The van der Waals surface area contributed by atoms with Gasteiger partial charge in [0.1, 0.15) is 0 Å². The van der Waals surface area contributed by atoms with Gasteiger partial charge in [-0.2, -0.15) is 0 Å². The standard InChI is InChI=1S/C4H6O6S/c5-1(6)3(9)11-4(10)2(7)8/h3-4,9-10H,(H,5,6)(H,7,8)/t3-,4-/m0/s1. The van der Waals surface area contributed by atoms with Crippen LogP contribution in [0.4, 0.5) is 0 Å². The van der Waals surface area contributed by atoms with E-state index in [2.05, 4.69) is 0 Å². The van der Waals surface area contributed by atoms with E-state index < -0.39 is 22.8 Å². The summed E-state index contributed by atoms with van der Waals surface area (Å²) in [6.07, 6.45) is 0. The summed E-state index contributed by atoms with van der Waals surface area (Å²) >= 11 is 0.0278. The molecule has 4 N–H and O–H groups in total. The molecular formula is C4H6O6S. The summed E-state index contributed by atoms with van der Waals surface area (Å²) in [5.74, 6) is -3.18. The fourth-order valence-electron chi connectivity index (χ4n) is 0.239. The van der Waals surface area contributed by atoms with Crippen LogP contribution in [-0.4, -0.2) is 43.2 Å². The normalized spacial score (nSPS) is 15.5. The van der Waals surface area contributed by atoms with Gasteiger partial charge in [0.25, 0.3) is 0 Å². The van der Waals surface area contributed by atoms with Crippen molar-refractivity contribution >= 4 is 23.7 Å². The topological polar surface area (TPSA) is 115 Å². The maximum atomic E-state index is 9.88. The Kier molecular flexibility index (Phi) is 3.86. The van der Waals surface area contributed by atoms with Crippen molar-refractivity contribution < 1.29 is 30.0 Å². The van der Waals surface area contributed by atoms with E-state index in [1.54, 1.807) is 0 Å². The van der Waals surface area contributed by atoms with Crippen molar-refractivity contribution in [1.82, 2.24) is 0 Å². The molecule has 0 bridgehead atoms. The lowest BCUT2D eigenvalue weighted by atomic mass is 10.7. The molecule has 7 heteroatoms. The zero-order valence-electron chi connectivity index (χ0n) is 5.17. The van der Waals surface area contributed by atoms with Crippen molar-refractivity contribution in [1.29, 1.82) is 0 Å². The summed E-state index contributed by atoms with van der Waals surface area (Å²) in [4.78, 5) is 19.8. The van der Waals surface area contributed by atoms with Crippen LogP contribution >= 0.6 is 11.8 Å². The van der Waals surface area contributed by atoms with Crippen LogP contribution in [0.15, 0.2) is 0 Å². The van der Waals surface area contributed by atoms with Crippen molar-refractivity contribution in [3.05, 3.63) is 0 Å². The van der Waals surface area contributed by atoms with Crippen LogP contribution in [0.3, 0.4) is 0 Å². The first-order valence-electron chi connectivity index (χ1n) is 2.42. The minimum Gasteiger partial charge on any atom is -0.479 e. The number of hydrogen-bond donors (Lipinski definition) is 4. The summed E-state index contributed by atoms with van der Waals surface area (Å²) in [7, 11) is 0. The predicted molar refractivity (Wildman–Crippen MR) is 34.9 cm³/mol. The maximum absolute atomic E-state index is 9.88. The smallest absolute Gasteiger partial charge is 0.343 e. The lowest BCUT2D eigenvalue weighted by Crippen LogP contribution is -2.24. The fraction of sp³-hybridized carbons (Fsp3) is 0.500. The third kappa shape index (κ3) is 3.81. The molecule has 0 fully saturated rings. The summed E-state index contributed by atoms with van der Waals surface area (Å²) in [6, 6.07) is 0. The molecule has 0 spiro atoms. The second-order valence-electron chi connectivity index (χ2n) is 1.52. The third-order valence-corrected chi connectivity index (χ3v) is 1.60. The highest BCUT2D eigenvalue weighted by molar-refractivity contribution is 8.01. The molecular weight excluding hydrogens is 176 g/mol. The van der Waals surface area contributed by atoms with Gasteiger partial charge in [0.15, 0.2) is 0 Å². The van der Waals surface area contributed by atoms with Crippen LogP contribution in [-0.2, 0) is 9.59 Å². The molecule has 0 amide bonds. The van der Waals surface area contributed by atoms with E-state index in [4.69, 9.17) is 20.4 Å². The SMILES string of the molecule is O=C(O)[C@@H](O)S[C@H](O)C(=O)O. The summed E-state index contributed by atoms with van der Waals surface area (Å²) in [5.41, 5.74) is -3.83. The highest BCUT2D eigenvalue weighted by Crippen LogP contribution is 2.13. The fourth-order valence-corrected chi connectivity index (χ4v) is 0.716. The summed E-state index contributed by atoms with van der Waals surface area (Å²) < 4.78 is 0. The molecule has 0 aromatic carbocycles. The molecule has 0 aromatic rings. The molecule has 0 aliphatic carbocycles. The Morgan fingerprint density at radius 3 is 1.45 bits per heavy atom. The molecule has 0 aliphatic heterocycles. The Morgan fingerprint density at radius 2 is 1.27 bits per heavy atom. The number of carboxylic acid groups (broad SMARTS) is 2. The van der Waals surface area contributed by atoms with E-state index in [1.165, 1.54) is 0 Å². The van der Waals surface area contributed by atoms with E-state index in [0.29, 0.717) is 0 Å². The van der Waals surface area contributed by atoms with Crippen LogP contribution < -0.4 is 0 Å². The van der Waals surface area contributed by atoms with Crippen molar-refractivity contribution in [2.24, 2.45) is 0 Å². The van der Waals surface area contributed by atoms with Crippen molar-refractivity contribution in [2.45, 2.75) is 10.9 Å². The lowest BCUT2D eigenvalue weighted by Gasteiger charge is -2.06. The second-order valence-corrected chi connectivity index (χ2v) is 2.68. The highest BCUT2D eigenvalue weighted by Gasteiger charge is 2.23. The van der Waals surface area contributed by atoms with Gasteiger partial charge >= 0.3 is 11.9 Å². The first-order valence-corrected chi connectivity index (χ1v) is 3.36. The minimum atomic E-state index is -1.92. The first-order chi connectivity index (χ1) is 4.95. The van der Waals surface area contributed by atoms with Gasteiger partial charge in [0, 0.05) is 0 Å². The zero-order valence-corrected chi connectivity index (χ0v) is 5.98. The first kappa shape index (κ1) is 10.2. The van der Waals surface area contributed by atoms with Gasteiger partial charge in [0.2, 0.25) is 10.9 Å². The summed E-state index contributed by atoms with van der Waals surface area (Å²) in [6.45, 7) is 0. The predicted octanol–water partition coefficient (Wildman–Crippen LogP) is -1.47. The van der Waals surface area contributed by atoms with Crippen molar-refractivity contribution in [2.75, 3.05) is 0 Å². The minimum absolute atomic E-state index is 0.0278. The zero-order chi connectivity index (χ0) is 9.02. The molecule has 2 atom stereocenters. The van der Waals surface area contributed by atoms with E-state index >= 15 is 0 Å². The molecule has 0 radical (unpaired) electrons. The number of aliphatic hydroxyl groups excluding tert-OH is 2. The number of aliphatic carboxylic acids is 2. The molecule has 6 nitrogen and oxygen atoms in total. The molecule has 0 unspecified atom stereocenters. The second kappa shape index (κ2) is 4.16. The van der Waals surface area contributed by atoms with Gasteiger partial charge in [-0.1, -0.05) is 11.8 Å². The van der Waals surface area contributed by atoms with E-state index in [1.807, 2.05) is 0 Å². The average molecular weight is 182 g/mol. The molecule has 11 heavy (non-hydrogen) atoms. The molecule has 0 aliphatic rings. The van der Waals surface area contributed by atoms with Gasteiger partial charge in [-0.15, -0.1) is 0 Å². The van der Waals surface area contributed by atoms with Gasteiger partial charge in [-0.25, -0.2) is 9.59 Å². The quantitative estimate of drug-likeness (QED) is 0.392. The number of carboxylic acids is 2. The van der Waals surface area contributed by atoms with Crippen LogP contribution in [0.1, 0.15) is 0 Å². The molecule has 0 saturated carbocycles. The molecule has 0 heterocycles. The van der Waals surface area contributed by atoms with E-state index in [9.17, 15) is 9.59 Å². The number of thioether (sulfide) groups is 1. The van der Waals surface area contributed by atoms with Crippen LogP contribution in [0.25, 0.3) is 0 Å². The maximum Gasteiger partial charge on any atom is 0.343 e. The Bertz CT molecular complexity index is 150. The molecule has 64 valence electrons. The van der Waals surface area contributed by atoms with Gasteiger partial charge in [0.05, 0.1) is 0 Å². The Hall–Kier alpha value is -0.790. The van der Waals surface area contributed by atoms with E-state index in [-0.39, 0.29) is 11.8 Å². The number of carbonyl (C=O) groups is 2. The summed E-state index contributed by atoms with van der Waals surface area (Å²) in [5, 5.41) is 33.0. The van der Waals surface area contributed by atoms with Crippen LogP contribution in [0.5, 0.6) is 0 Å². The lowest BCUT2D eigenvalue weighted by molar-refractivity contribution is -0.142. The molecule has 0 rings (SSSR count). The third-order valence-electron chi connectivity index (χ3n) is 0.680. The van der Waals surface area contributed by atoms with E-state index in [0.717, 1.165) is 0 Å². The van der Waals surface area contributed by atoms with Gasteiger partial charge < -0.3 is 20.4 Å². The highest BCUT2D eigenvalue weighted by atomic mass is 32.2. The van der Waals surface area contributed by atoms with Crippen LogP contribution in [0, 0.1) is 0 Å². The van der Waals surface area contributed by atoms with Gasteiger partial charge in [-0.05, 0) is 0 Å². The van der Waals surface area contributed by atoms with Crippen molar-refractivity contribution in [3.8, 4) is 0 Å². The van der Waals surface area contributed by atoms with Crippen LogP contribution in [0.2, 0.25) is 0 Å². The monoisotopic (exact) mass is 182 g/mol.